The van der Waals surface area contributed by atoms with E-state index < -0.39 is 0 Å². The average Bonchev–Trinajstić information content (AvgIpc) is 2.96. The summed E-state index contributed by atoms with van der Waals surface area (Å²) in [4.78, 5) is 22.7. The Kier molecular flexibility index (Phi) is 3.64. The number of hydrogen-bond donors (Lipinski definition) is 0. The van der Waals surface area contributed by atoms with Crippen LogP contribution >= 0.6 is 0 Å². The van der Waals surface area contributed by atoms with E-state index in [1.807, 2.05) is 48.0 Å². The minimum absolute atomic E-state index is 0.0658. The Labute approximate surface area is 122 Å². The highest BCUT2D eigenvalue weighted by atomic mass is 16.2. The van der Waals surface area contributed by atoms with Gasteiger partial charge in [0.25, 0.3) is 5.91 Å². The van der Waals surface area contributed by atoms with Gasteiger partial charge in [-0.3, -0.25) is 9.78 Å². The molecule has 0 aliphatic heterocycles. The first-order valence-corrected chi connectivity index (χ1v) is 6.91. The van der Waals surface area contributed by atoms with E-state index in [-0.39, 0.29) is 5.91 Å². The van der Waals surface area contributed by atoms with Gasteiger partial charge in [0.2, 0.25) is 0 Å². The molecule has 0 N–H and O–H groups in total. The smallest absolute Gasteiger partial charge is 0.272 e. The van der Waals surface area contributed by atoms with Crippen LogP contribution in [-0.4, -0.2) is 31.7 Å². The topological polar surface area (TPSA) is 50.5 Å². The number of hydrogen-bond acceptors (Lipinski definition) is 3. The third kappa shape index (κ3) is 2.63. The number of rotatable bonds is 4. The van der Waals surface area contributed by atoms with Crippen LogP contribution in [0.1, 0.15) is 23.1 Å². The number of pyridine rings is 2. The lowest BCUT2D eigenvalue weighted by molar-refractivity contribution is 0.0744. The number of imidazole rings is 1. The van der Waals surface area contributed by atoms with Crippen LogP contribution in [0.15, 0.2) is 55.0 Å². The second-order valence-electron chi connectivity index (χ2n) is 4.71. The molecule has 0 bridgehead atoms. The van der Waals surface area contributed by atoms with E-state index in [0.29, 0.717) is 18.8 Å². The predicted molar refractivity (Wildman–Crippen MR) is 79.8 cm³/mol. The second-order valence-corrected chi connectivity index (χ2v) is 4.71. The number of nitrogens with zero attached hydrogens (tertiary/aromatic N) is 4. The lowest BCUT2D eigenvalue weighted by Gasteiger charge is -2.20. The molecule has 0 saturated carbocycles. The summed E-state index contributed by atoms with van der Waals surface area (Å²) in [5, 5.41) is 0. The summed E-state index contributed by atoms with van der Waals surface area (Å²) in [6, 6.07) is 11.2. The molecule has 0 saturated heterocycles. The molecule has 0 radical (unpaired) electrons. The zero-order chi connectivity index (χ0) is 14.7. The van der Waals surface area contributed by atoms with Crippen molar-refractivity contribution in [2.45, 2.75) is 13.5 Å². The molecule has 3 aromatic heterocycles. The molecule has 5 nitrogen and oxygen atoms in total. The van der Waals surface area contributed by atoms with Gasteiger partial charge in [0.05, 0.1) is 18.4 Å². The monoisotopic (exact) mass is 280 g/mol. The quantitative estimate of drug-likeness (QED) is 0.737. The van der Waals surface area contributed by atoms with Gasteiger partial charge in [-0.05, 0) is 31.2 Å². The highest BCUT2D eigenvalue weighted by Crippen LogP contribution is 2.11. The SMILES string of the molecule is CCN(Cc1cnc2ccccn12)C(=O)c1ccccn1. The Hall–Kier alpha value is -2.69. The lowest BCUT2D eigenvalue weighted by atomic mass is 10.3. The first-order chi connectivity index (χ1) is 10.3. The van der Waals surface area contributed by atoms with Gasteiger partial charge in [0, 0.05) is 18.9 Å². The fourth-order valence-corrected chi connectivity index (χ4v) is 2.28. The molecule has 0 aromatic carbocycles. The molecule has 106 valence electrons. The van der Waals surface area contributed by atoms with Gasteiger partial charge in [-0.25, -0.2) is 4.98 Å². The van der Waals surface area contributed by atoms with E-state index >= 15 is 0 Å². The highest BCUT2D eigenvalue weighted by Gasteiger charge is 2.17. The molecule has 0 unspecified atom stereocenters. The third-order valence-corrected chi connectivity index (χ3v) is 3.40. The Bertz CT molecular complexity index is 751. The molecule has 3 aromatic rings. The van der Waals surface area contributed by atoms with E-state index in [2.05, 4.69) is 9.97 Å². The Morgan fingerprint density at radius 3 is 2.81 bits per heavy atom. The molecular weight excluding hydrogens is 264 g/mol. The van der Waals surface area contributed by atoms with Gasteiger partial charge in [0.15, 0.2) is 0 Å². The fraction of sp³-hybridized carbons (Fsp3) is 0.188. The molecule has 0 aliphatic rings. The first-order valence-electron chi connectivity index (χ1n) is 6.91. The van der Waals surface area contributed by atoms with Gasteiger partial charge in [-0.2, -0.15) is 0 Å². The maximum atomic E-state index is 12.5. The van der Waals surface area contributed by atoms with Crippen LogP contribution in [0.5, 0.6) is 0 Å². The number of fused-ring (bicyclic) bond motifs is 1. The summed E-state index contributed by atoms with van der Waals surface area (Å²) in [6.07, 6.45) is 5.40. The largest absolute Gasteiger partial charge is 0.332 e. The summed E-state index contributed by atoms with van der Waals surface area (Å²) in [7, 11) is 0. The summed E-state index contributed by atoms with van der Waals surface area (Å²) in [5.74, 6) is -0.0658. The van der Waals surface area contributed by atoms with E-state index in [1.54, 1.807) is 23.2 Å². The maximum Gasteiger partial charge on any atom is 0.272 e. The summed E-state index contributed by atoms with van der Waals surface area (Å²) in [6.45, 7) is 3.09. The van der Waals surface area contributed by atoms with Crippen molar-refractivity contribution in [3.63, 3.8) is 0 Å². The van der Waals surface area contributed by atoms with Gasteiger partial charge in [-0.1, -0.05) is 12.1 Å². The molecule has 0 spiro atoms. The summed E-state index contributed by atoms with van der Waals surface area (Å²) >= 11 is 0. The molecule has 0 fully saturated rings. The van der Waals surface area contributed by atoms with Crippen molar-refractivity contribution in [2.75, 3.05) is 6.54 Å². The van der Waals surface area contributed by atoms with Gasteiger partial charge in [-0.15, -0.1) is 0 Å². The van der Waals surface area contributed by atoms with Crippen molar-refractivity contribution in [1.29, 1.82) is 0 Å². The standard InChI is InChI=1S/C16H16N4O/c1-2-19(16(21)14-7-3-5-9-17-14)12-13-11-18-15-8-4-6-10-20(13)15/h3-11H,2,12H2,1H3. The van der Waals surface area contributed by atoms with Crippen LogP contribution in [0.3, 0.4) is 0 Å². The zero-order valence-corrected chi connectivity index (χ0v) is 11.8. The molecule has 5 heteroatoms. The maximum absolute atomic E-state index is 12.5. The average molecular weight is 280 g/mol. The Morgan fingerprint density at radius 1 is 1.19 bits per heavy atom. The molecule has 3 rings (SSSR count). The van der Waals surface area contributed by atoms with Crippen molar-refractivity contribution in [3.8, 4) is 0 Å². The third-order valence-electron chi connectivity index (χ3n) is 3.40. The summed E-state index contributed by atoms with van der Waals surface area (Å²) < 4.78 is 1.99. The highest BCUT2D eigenvalue weighted by molar-refractivity contribution is 5.92. The van der Waals surface area contributed by atoms with E-state index in [1.165, 1.54) is 0 Å². The first kappa shape index (κ1) is 13.3. The summed E-state index contributed by atoms with van der Waals surface area (Å²) in [5.41, 5.74) is 2.33. The van der Waals surface area contributed by atoms with Crippen molar-refractivity contribution >= 4 is 11.6 Å². The van der Waals surface area contributed by atoms with Crippen molar-refractivity contribution in [2.24, 2.45) is 0 Å². The number of carbonyl (C=O) groups excluding carboxylic acids is 1. The van der Waals surface area contributed by atoms with Gasteiger partial charge in [0.1, 0.15) is 11.3 Å². The lowest BCUT2D eigenvalue weighted by Crippen LogP contribution is -2.31. The van der Waals surface area contributed by atoms with Crippen molar-refractivity contribution in [3.05, 3.63) is 66.4 Å². The predicted octanol–water partition coefficient (Wildman–Crippen LogP) is 2.39. The van der Waals surface area contributed by atoms with Crippen molar-refractivity contribution in [1.82, 2.24) is 19.3 Å². The Balaban J connectivity index is 1.86. The van der Waals surface area contributed by atoms with Gasteiger partial charge >= 0.3 is 0 Å². The van der Waals surface area contributed by atoms with Crippen molar-refractivity contribution < 1.29 is 4.79 Å². The van der Waals surface area contributed by atoms with E-state index in [4.69, 9.17) is 0 Å². The Morgan fingerprint density at radius 2 is 2.05 bits per heavy atom. The number of carbonyl (C=O) groups is 1. The van der Waals surface area contributed by atoms with Gasteiger partial charge < -0.3 is 9.30 Å². The van der Waals surface area contributed by atoms with Crippen LogP contribution in [0.4, 0.5) is 0 Å². The fourth-order valence-electron chi connectivity index (χ4n) is 2.28. The molecule has 21 heavy (non-hydrogen) atoms. The molecule has 1 amide bonds. The number of aromatic nitrogens is 3. The molecular formula is C16H16N4O. The zero-order valence-electron chi connectivity index (χ0n) is 11.8. The molecule has 0 atom stereocenters. The normalized spacial score (nSPS) is 10.7. The minimum Gasteiger partial charge on any atom is -0.332 e. The number of amides is 1. The second kappa shape index (κ2) is 5.75. The van der Waals surface area contributed by atoms with Crippen LogP contribution in [0.2, 0.25) is 0 Å². The van der Waals surface area contributed by atoms with Crippen LogP contribution < -0.4 is 0 Å². The van der Waals surface area contributed by atoms with Crippen LogP contribution in [0, 0.1) is 0 Å². The van der Waals surface area contributed by atoms with E-state index in [0.717, 1.165) is 11.3 Å². The van der Waals surface area contributed by atoms with Crippen LogP contribution in [-0.2, 0) is 6.54 Å². The molecule has 3 heterocycles. The minimum atomic E-state index is -0.0658. The molecule has 0 aliphatic carbocycles. The van der Waals surface area contributed by atoms with E-state index in [9.17, 15) is 4.79 Å². The van der Waals surface area contributed by atoms with Crippen LogP contribution in [0.25, 0.3) is 5.65 Å².